The van der Waals surface area contributed by atoms with E-state index < -0.39 is 0 Å². The normalized spacial score (nSPS) is 16.0. The van der Waals surface area contributed by atoms with Gasteiger partial charge in [0.15, 0.2) is 4.80 Å². The van der Waals surface area contributed by atoms with E-state index in [2.05, 4.69) is 12.1 Å². The lowest BCUT2D eigenvalue weighted by atomic mass is 9.83. The molecule has 0 saturated heterocycles. The van der Waals surface area contributed by atoms with E-state index in [1.54, 1.807) is 28.8 Å². The van der Waals surface area contributed by atoms with Crippen LogP contribution < -0.4 is 19.6 Å². The maximum Gasteiger partial charge on any atom is 0.271 e. The van der Waals surface area contributed by atoms with Crippen molar-refractivity contribution in [1.29, 1.82) is 0 Å². The quantitative estimate of drug-likeness (QED) is 0.208. The van der Waals surface area contributed by atoms with E-state index in [1.807, 2.05) is 48.5 Å². The second kappa shape index (κ2) is 11.0. The molecule has 1 aromatic heterocycles. The summed E-state index contributed by atoms with van der Waals surface area (Å²) < 4.78 is 22.1. The van der Waals surface area contributed by atoms with Gasteiger partial charge in [0.25, 0.3) is 5.56 Å². The molecule has 4 aromatic carbocycles. The van der Waals surface area contributed by atoms with Crippen molar-refractivity contribution in [3.63, 3.8) is 0 Å². The van der Waals surface area contributed by atoms with Crippen LogP contribution in [-0.4, -0.2) is 4.57 Å². The van der Waals surface area contributed by atoms with E-state index in [4.69, 9.17) is 32.9 Å². The van der Waals surface area contributed by atoms with Gasteiger partial charge in [-0.1, -0.05) is 89.1 Å². The number of ether oxygens (including phenoxy) is 1. The number of fused-ring (bicyclic) bond motifs is 3. The smallest absolute Gasteiger partial charge is 0.271 e. The van der Waals surface area contributed by atoms with Gasteiger partial charge in [0.1, 0.15) is 18.2 Å². The van der Waals surface area contributed by atoms with Gasteiger partial charge in [-0.05, 0) is 83.1 Å². The Bertz CT molecular complexity index is 2050. The summed E-state index contributed by atoms with van der Waals surface area (Å²) in [5.41, 5.74) is 6.89. The number of aryl methyl sites for hydroxylation is 1. The van der Waals surface area contributed by atoms with Crippen molar-refractivity contribution >= 4 is 46.3 Å². The molecule has 2 aliphatic rings. The standard InChI is InChI=1S/C34H23Cl2FN2O2S/c35-28-16-7-21(17-29(28)36)19-41-25-13-5-20(6-14-25)18-30-33(40)39-32(23-8-11-24(37)12-9-23)27-15-10-22-3-1-2-4-26(22)31(27)38-34(39)42-30/h1-9,11-14,16-18,32H,10,15,19H2/b30-18-/t32-/m0/s1. The fraction of sp³-hybridized carbons (Fsp3) is 0.118. The Hall–Kier alpha value is -3.97. The summed E-state index contributed by atoms with van der Waals surface area (Å²) in [5, 5.41) is 0.991. The third-order valence-corrected chi connectivity index (χ3v) is 9.35. The second-order valence-electron chi connectivity index (χ2n) is 10.3. The minimum absolute atomic E-state index is 0.113. The molecule has 4 nitrogen and oxygen atoms in total. The molecule has 1 atom stereocenters. The molecular weight excluding hydrogens is 590 g/mol. The molecule has 0 amide bonds. The minimum Gasteiger partial charge on any atom is -0.489 e. The summed E-state index contributed by atoms with van der Waals surface area (Å²) in [5.74, 6) is 0.390. The number of nitrogens with zero attached hydrogens (tertiary/aromatic N) is 2. The Morgan fingerprint density at radius 1 is 0.952 bits per heavy atom. The Morgan fingerprint density at radius 3 is 2.52 bits per heavy atom. The van der Waals surface area contributed by atoms with Crippen LogP contribution in [0.5, 0.6) is 5.75 Å². The number of rotatable bonds is 5. The first-order valence-corrected chi connectivity index (χ1v) is 15.1. The molecule has 0 fully saturated rings. The van der Waals surface area contributed by atoms with Crippen molar-refractivity contribution in [3.05, 3.63) is 160 Å². The molecule has 2 heterocycles. The highest BCUT2D eigenvalue weighted by Crippen LogP contribution is 2.41. The predicted octanol–water partition coefficient (Wildman–Crippen LogP) is 7.34. The zero-order chi connectivity index (χ0) is 28.8. The minimum atomic E-state index is -0.343. The molecule has 42 heavy (non-hydrogen) atoms. The summed E-state index contributed by atoms with van der Waals surface area (Å²) in [7, 11) is 0. The number of hydrogen-bond acceptors (Lipinski definition) is 4. The molecule has 0 spiro atoms. The van der Waals surface area contributed by atoms with Gasteiger partial charge in [0.2, 0.25) is 0 Å². The summed E-state index contributed by atoms with van der Waals surface area (Å²) >= 11 is 13.5. The highest BCUT2D eigenvalue weighted by molar-refractivity contribution is 7.07. The second-order valence-corrected chi connectivity index (χ2v) is 12.1. The Morgan fingerprint density at radius 2 is 1.74 bits per heavy atom. The molecule has 7 rings (SSSR count). The SMILES string of the molecule is O=c1/c(=C/c2ccc(OCc3ccc(Cl)c(Cl)c3)cc2)sc2n1[C@@H](c1ccc(F)cc1)C1=C(N=2)c2ccccc2CC1. The zero-order valence-electron chi connectivity index (χ0n) is 22.2. The molecule has 0 bridgehead atoms. The van der Waals surface area contributed by atoms with E-state index in [0.29, 0.717) is 31.7 Å². The van der Waals surface area contributed by atoms with Crippen molar-refractivity contribution < 1.29 is 9.13 Å². The monoisotopic (exact) mass is 612 g/mol. The zero-order valence-corrected chi connectivity index (χ0v) is 24.5. The molecule has 5 aromatic rings. The van der Waals surface area contributed by atoms with E-state index in [9.17, 15) is 9.18 Å². The maximum atomic E-state index is 13.9. The molecule has 1 aliphatic heterocycles. The average molecular weight is 614 g/mol. The first-order valence-electron chi connectivity index (χ1n) is 13.5. The van der Waals surface area contributed by atoms with Gasteiger partial charge in [0, 0.05) is 5.56 Å². The van der Waals surface area contributed by atoms with Crippen molar-refractivity contribution in [2.24, 2.45) is 4.99 Å². The number of benzene rings is 4. The van der Waals surface area contributed by atoms with Crippen LogP contribution in [-0.2, 0) is 13.0 Å². The number of aromatic nitrogens is 1. The van der Waals surface area contributed by atoms with Crippen LogP contribution in [0.3, 0.4) is 0 Å². The van der Waals surface area contributed by atoms with Crippen LogP contribution in [0, 0.1) is 5.82 Å². The third kappa shape index (κ3) is 5.00. The summed E-state index contributed by atoms with van der Waals surface area (Å²) in [6.07, 6.45) is 3.53. The van der Waals surface area contributed by atoms with Crippen LogP contribution >= 0.6 is 34.5 Å². The van der Waals surface area contributed by atoms with Crippen LogP contribution in [0.25, 0.3) is 11.8 Å². The summed E-state index contributed by atoms with van der Waals surface area (Å²) in [6, 6.07) is 27.4. The highest BCUT2D eigenvalue weighted by atomic mass is 35.5. The Labute approximate surface area is 255 Å². The summed E-state index contributed by atoms with van der Waals surface area (Å²) in [4.78, 5) is 19.6. The van der Waals surface area contributed by atoms with E-state index >= 15 is 0 Å². The lowest BCUT2D eigenvalue weighted by Crippen LogP contribution is -2.38. The van der Waals surface area contributed by atoms with Crippen molar-refractivity contribution in [3.8, 4) is 5.75 Å². The fourth-order valence-corrected chi connectivity index (χ4v) is 6.90. The van der Waals surface area contributed by atoms with Gasteiger partial charge in [-0.2, -0.15) is 0 Å². The van der Waals surface area contributed by atoms with Crippen LogP contribution in [0.4, 0.5) is 4.39 Å². The topological polar surface area (TPSA) is 43.6 Å². The van der Waals surface area contributed by atoms with Crippen molar-refractivity contribution in [1.82, 2.24) is 4.57 Å². The van der Waals surface area contributed by atoms with Crippen LogP contribution in [0.15, 0.2) is 106 Å². The fourth-order valence-electron chi connectivity index (χ4n) is 5.58. The first kappa shape index (κ1) is 26.9. The predicted molar refractivity (Wildman–Crippen MR) is 166 cm³/mol. The average Bonchev–Trinajstić information content (AvgIpc) is 3.32. The lowest BCUT2D eigenvalue weighted by Gasteiger charge is -2.30. The van der Waals surface area contributed by atoms with Crippen molar-refractivity contribution in [2.45, 2.75) is 25.5 Å². The largest absolute Gasteiger partial charge is 0.489 e. The van der Waals surface area contributed by atoms with Crippen LogP contribution in [0.2, 0.25) is 10.0 Å². The lowest BCUT2D eigenvalue weighted by molar-refractivity contribution is 0.306. The van der Waals surface area contributed by atoms with E-state index in [0.717, 1.165) is 46.4 Å². The molecule has 1 aliphatic carbocycles. The number of halogens is 3. The molecule has 208 valence electrons. The van der Waals surface area contributed by atoms with Gasteiger partial charge < -0.3 is 4.74 Å². The molecule has 8 heteroatoms. The van der Waals surface area contributed by atoms with Gasteiger partial charge in [-0.25, -0.2) is 9.38 Å². The third-order valence-electron chi connectivity index (χ3n) is 7.63. The molecule has 0 N–H and O–H groups in total. The van der Waals surface area contributed by atoms with Gasteiger partial charge in [-0.3, -0.25) is 9.36 Å². The Balaban J connectivity index is 1.25. The van der Waals surface area contributed by atoms with Gasteiger partial charge in [0.05, 0.1) is 26.3 Å². The van der Waals surface area contributed by atoms with Crippen molar-refractivity contribution in [2.75, 3.05) is 0 Å². The highest BCUT2D eigenvalue weighted by Gasteiger charge is 2.32. The first-order chi connectivity index (χ1) is 20.4. The molecule has 0 saturated carbocycles. The molecule has 0 unspecified atom stereocenters. The number of thiazole rings is 1. The van der Waals surface area contributed by atoms with Gasteiger partial charge in [-0.15, -0.1) is 0 Å². The Kier molecular flexibility index (Phi) is 7.06. The van der Waals surface area contributed by atoms with Crippen LogP contribution in [0.1, 0.15) is 40.3 Å². The maximum absolute atomic E-state index is 13.9. The summed E-state index contributed by atoms with van der Waals surface area (Å²) in [6.45, 7) is 0.353. The van der Waals surface area contributed by atoms with E-state index in [-0.39, 0.29) is 17.4 Å². The molecular formula is C34H23Cl2FN2O2S. The number of hydrogen-bond donors (Lipinski definition) is 0. The molecule has 0 radical (unpaired) electrons. The van der Waals surface area contributed by atoms with Gasteiger partial charge >= 0.3 is 0 Å². The number of allylic oxidation sites excluding steroid dienone is 1. The van der Waals surface area contributed by atoms with E-state index in [1.165, 1.54) is 29.0 Å².